The number of nitrogens with zero attached hydrogens (tertiary/aromatic N) is 3. The van der Waals surface area contributed by atoms with Gasteiger partial charge in [-0.15, -0.1) is 0 Å². The highest BCUT2D eigenvalue weighted by molar-refractivity contribution is 7.80. The summed E-state index contributed by atoms with van der Waals surface area (Å²) in [5, 5.41) is 4.33. The van der Waals surface area contributed by atoms with E-state index < -0.39 is 0 Å². The smallest absolute Gasteiger partial charge is 0.170 e. The first-order chi connectivity index (χ1) is 16.1. The van der Waals surface area contributed by atoms with E-state index in [0.717, 1.165) is 48.2 Å². The van der Waals surface area contributed by atoms with E-state index in [4.69, 9.17) is 21.7 Å². The number of rotatable bonds is 6. The highest BCUT2D eigenvalue weighted by Crippen LogP contribution is 2.42. The Balaban J connectivity index is 1.57. The standard InChI is InChI=1S/C26H30N4O2S/c1-17-15-22(18(2)30(17)19-9-11-20(31-3)12-10-19)25-24(23-8-4-5-13-27-23)28-26(33)29(25)16-21-7-6-14-32-21/h4-5,8-13,15,21,24-25H,6-7,14,16H2,1-3H3,(H,28,33)/t21-,24+,25+/m0/s1. The number of hydrogen-bond acceptors (Lipinski definition) is 4. The monoisotopic (exact) mass is 462 g/mol. The molecule has 6 nitrogen and oxygen atoms in total. The third-order valence-electron chi connectivity index (χ3n) is 6.74. The fraction of sp³-hybridized carbons (Fsp3) is 0.385. The topological polar surface area (TPSA) is 51.5 Å². The summed E-state index contributed by atoms with van der Waals surface area (Å²) in [4.78, 5) is 6.98. The van der Waals surface area contributed by atoms with E-state index in [0.29, 0.717) is 0 Å². The Labute approximate surface area is 200 Å². The van der Waals surface area contributed by atoms with Gasteiger partial charge < -0.3 is 24.3 Å². The number of aromatic nitrogens is 2. The lowest BCUT2D eigenvalue weighted by molar-refractivity contribution is 0.0842. The number of methoxy groups -OCH3 is 1. The number of pyridine rings is 1. The van der Waals surface area contributed by atoms with Crippen molar-refractivity contribution >= 4 is 17.3 Å². The minimum Gasteiger partial charge on any atom is -0.497 e. The number of hydrogen-bond donors (Lipinski definition) is 1. The predicted molar refractivity (Wildman–Crippen MR) is 133 cm³/mol. The maximum absolute atomic E-state index is 5.98. The minimum atomic E-state index is -0.0232. The van der Waals surface area contributed by atoms with Crippen LogP contribution in [0.15, 0.2) is 54.7 Å². The van der Waals surface area contributed by atoms with Gasteiger partial charge in [0.15, 0.2) is 5.11 Å². The molecule has 2 aliphatic rings. The van der Waals surface area contributed by atoms with E-state index in [1.165, 1.54) is 17.0 Å². The molecule has 2 fully saturated rings. The fourth-order valence-electron chi connectivity index (χ4n) is 5.16. The molecule has 5 rings (SSSR count). The van der Waals surface area contributed by atoms with Crippen molar-refractivity contribution in [3.63, 3.8) is 0 Å². The Kier molecular flexibility index (Phi) is 6.08. The Morgan fingerprint density at radius 1 is 1.18 bits per heavy atom. The van der Waals surface area contributed by atoms with E-state index in [1.54, 1.807) is 7.11 Å². The van der Waals surface area contributed by atoms with Gasteiger partial charge in [-0.2, -0.15) is 0 Å². The van der Waals surface area contributed by atoms with Gasteiger partial charge >= 0.3 is 0 Å². The molecule has 0 saturated carbocycles. The highest BCUT2D eigenvalue weighted by atomic mass is 32.1. The van der Waals surface area contributed by atoms with Crippen LogP contribution < -0.4 is 10.1 Å². The zero-order valence-electron chi connectivity index (χ0n) is 19.3. The van der Waals surface area contributed by atoms with Crippen molar-refractivity contribution < 1.29 is 9.47 Å². The predicted octanol–water partition coefficient (Wildman–Crippen LogP) is 4.65. The molecule has 0 radical (unpaired) electrons. The van der Waals surface area contributed by atoms with Crippen molar-refractivity contribution in [1.29, 1.82) is 0 Å². The number of nitrogens with one attached hydrogen (secondary N) is 1. The molecule has 3 aromatic rings. The molecule has 2 aliphatic heterocycles. The van der Waals surface area contributed by atoms with Gasteiger partial charge in [-0.1, -0.05) is 6.07 Å². The molecule has 1 N–H and O–H groups in total. The maximum atomic E-state index is 5.98. The summed E-state index contributed by atoms with van der Waals surface area (Å²) in [7, 11) is 1.69. The number of thiocarbonyl (C=S) groups is 1. The molecule has 4 heterocycles. The van der Waals surface area contributed by atoms with Gasteiger partial charge in [0, 0.05) is 36.4 Å². The Bertz CT molecular complexity index is 1120. The lowest BCUT2D eigenvalue weighted by atomic mass is 9.96. The van der Waals surface area contributed by atoms with Crippen molar-refractivity contribution in [3.8, 4) is 11.4 Å². The average molecular weight is 463 g/mol. The van der Waals surface area contributed by atoms with Crippen LogP contribution in [0.25, 0.3) is 5.69 Å². The quantitative estimate of drug-likeness (QED) is 0.538. The Morgan fingerprint density at radius 3 is 2.67 bits per heavy atom. The van der Waals surface area contributed by atoms with Crippen LogP contribution >= 0.6 is 12.2 Å². The van der Waals surface area contributed by atoms with Crippen molar-refractivity contribution in [2.75, 3.05) is 20.3 Å². The second-order valence-electron chi connectivity index (χ2n) is 8.77. The first kappa shape index (κ1) is 21.9. The second-order valence-corrected chi connectivity index (χ2v) is 9.16. The zero-order valence-corrected chi connectivity index (χ0v) is 20.1. The average Bonchev–Trinajstić information content (AvgIpc) is 3.54. The van der Waals surface area contributed by atoms with Crippen molar-refractivity contribution in [3.05, 3.63) is 77.4 Å². The third kappa shape index (κ3) is 4.11. The van der Waals surface area contributed by atoms with Crippen LogP contribution in [0.2, 0.25) is 0 Å². The van der Waals surface area contributed by atoms with Crippen LogP contribution in [0.5, 0.6) is 5.75 Å². The summed E-state index contributed by atoms with van der Waals surface area (Å²) >= 11 is 5.84. The van der Waals surface area contributed by atoms with Crippen LogP contribution in [0.1, 0.15) is 47.6 Å². The van der Waals surface area contributed by atoms with E-state index in [2.05, 4.69) is 57.9 Å². The lowest BCUT2D eigenvalue weighted by Gasteiger charge is -2.30. The molecule has 0 aliphatic carbocycles. The molecule has 3 atom stereocenters. The summed E-state index contributed by atoms with van der Waals surface area (Å²) in [6.07, 6.45) is 4.24. The summed E-state index contributed by atoms with van der Waals surface area (Å²) in [6, 6.07) is 16.6. The van der Waals surface area contributed by atoms with E-state index in [-0.39, 0.29) is 18.2 Å². The zero-order chi connectivity index (χ0) is 22.9. The first-order valence-electron chi connectivity index (χ1n) is 11.5. The molecule has 0 spiro atoms. The molecule has 1 aromatic carbocycles. The molecule has 172 valence electrons. The molecular weight excluding hydrogens is 432 g/mol. The van der Waals surface area contributed by atoms with Gasteiger partial charge in [0.2, 0.25) is 0 Å². The SMILES string of the molecule is COc1ccc(-n2c(C)cc([C@@H]3[C@@H](c4ccccn4)NC(=S)N3C[C@@H]3CCCO3)c2C)cc1. The van der Waals surface area contributed by atoms with E-state index >= 15 is 0 Å². The normalized spacial score (nSPS) is 22.6. The number of aryl methyl sites for hydroxylation is 1. The molecule has 33 heavy (non-hydrogen) atoms. The largest absolute Gasteiger partial charge is 0.497 e. The van der Waals surface area contributed by atoms with E-state index in [9.17, 15) is 0 Å². The highest BCUT2D eigenvalue weighted by Gasteiger charge is 2.42. The molecule has 0 amide bonds. The van der Waals surface area contributed by atoms with Crippen molar-refractivity contribution in [2.45, 2.75) is 44.9 Å². The van der Waals surface area contributed by atoms with Crippen LogP contribution in [0.4, 0.5) is 0 Å². The second kappa shape index (κ2) is 9.15. The van der Waals surface area contributed by atoms with Gasteiger partial charge in [0.25, 0.3) is 0 Å². The van der Waals surface area contributed by atoms with Gasteiger partial charge in [0.1, 0.15) is 5.75 Å². The third-order valence-corrected chi connectivity index (χ3v) is 7.09. The van der Waals surface area contributed by atoms with Crippen molar-refractivity contribution in [1.82, 2.24) is 19.8 Å². The lowest BCUT2D eigenvalue weighted by Crippen LogP contribution is -2.36. The molecule has 0 bridgehead atoms. The van der Waals surface area contributed by atoms with Gasteiger partial charge in [-0.25, -0.2) is 0 Å². The van der Waals surface area contributed by atoms with Crippen LogP contribution in [0, 0.1) is 13.8 Å². The summed E-state index contributed by atoms with van der Waals surface area (Å²) < 4.78 is 13.6. The number of ether oxygens (including phenoxy) is 2. The molecule has 2 saturated heterocycles. The van der Waals surface area contributed by atoms with Gasteiger partial charge in [-0.05, 0) is 86.9 Å². The molecule has 0 unspecified atom stereocenters. The van der Waals surface area contributed by atoms with Crippen LogP contribution in [-0.4, -0.2) is 45.9 Å². The number of benzene rings is 1. The molecule has 2 aromatic heterocycles. The van der Waals surface area contributed by atoms with Gasteiger partial charge in [-0.3, -0.25) is 4.98 Å². The van der Waals surface area contributed by atoms with Crippen LogP contribution in [-0.2, 0) is 4.74 Å². The maximum Gasteiger partial charge on any atom is 0.170 e. The van der Waals surface area contributed by atoms with E-state index in [1.807, 2.05) is 30.5 Å². The van der Waals surface area contributed by atoms with Crippen molar-refractivity contribution in [2.24, 2.45) is 0 Å². The molecule has 7 heteroatoms. The van der Waals surface area contributed by atoms with Crippen LogP contribution in [0.3, 0.4) is 0 Å². The fourth-order valence-corrected chi connectivity index (χ4v) is 5.48. The summed E-state index contributed by atoms with van der Waals surface area (Å²) in [6.45, 7) is 5.96. The first-order valence-corrected chi connectivity index (χ1v) is 11.9. The Hall–Kier alpha value is -2.90. The minimum absolute atomic E-state index is 0.0232. The van der Waals surface area contributed by atoms with Gasteiger partial charge in [0.05, 0.1) is 31.0 Å². The molecular formula is C26H30N4O2S. The summed E-state index contributed by atoms with van der Waals surface area (Å²) in [5.74, 6) is 0.852. The Morgan fingerprint density at radius 2 is 2.00 bits per heavy atom. The summed E-state index contributed by atoms with van der Waals surface area (Å²) in [5.41, 5.74) is 5.75.